The molecule has 43 heavy (non-hydrogen) atoms. The van der Waals surface area contributed by atoms with Crippen LogP contribution < -0.4 is 20.3 Å². The number of carbonyl (C=O) groups excluding carboxylic acids is 2. The maximum absolute atomic E-state index is 13.6. The van der Waals surface area contributed by atoms with Crippen LogP contribution in [0.2, 0.25) is 0 Å². The summed E-state index contributed by atoms with van der Waals surface area (Å²) in [4.78, 5) is 37.7. The van der Waals surface area contributed by atoms with E-state index in [1.54, 1.807) is 36.1 Å². The van der Waals surface area contributed by atoms with Crippen molar-refractivity contribution in [3.05, 3.63) is 47.5 Å². The predicted octanol–water partition coefficient (Wildman–Crippen LogP) is 4.06. The molecule has 1 saturated heterocycles. The van der Waals surface area contributed by atoms with Crippen molar-refractivity contribution in [1.82, 2.24) is 10.2 Å². The number of anilines is 3. The summed E-state index contributed by atoms with van der Waals surface area (Å²) >= 11 is 0. The van der Waals surface area contributed by atoms with E-state index in [9.17, 15) is 31.2 Å². The average molecular weight is 630 g/mol. The van der Waals surface area contributed by atoms with Crippen molar-refractivity contribution in [3.63, 3.8) is 0 Å². The first-order valence-corrected chi connectivity index (χ1v) is 15.2. The van der Waals surface area contributed by atoms with Crippen LogP contribution in [0.15, 0.2) is 41.3 Å². The Labute approximate surface area is 249 Å². The number of aryl methyl sites for hydroxylation is 1. The van der Waals surface area contributed by atoms with E-state index in [0.29, 0.717) is 43.1 Å². The fraction of sp³-hybridized carbons (Fsp3) is 0.464. The molecular weight excluding hydrogens is 591 g/mol. The largest absolute Gasteiger partial charge is 0.490 e. The third-order valence-electron chi connectivity index (χ3n) is 6.38. The minimum Gasteiger partial charge on any atom is -0.475 e. The molecule has 1 heterocycles. The summed E-state index contributed by atoms with van der Waals surface area (Å²) in [7, 11) is -4.09. The Bertz CT molecular complexity index is 1400. The van der Waals surface area contributed by atoms with E-state index in [4.69, 9.17) is 9.90 Å². The van der Waals surface area contributed by atoms with E-state index in [0.717, 1.165) is 31.5 Å². The van der Waals surface area contributed by atoms with Gasteiger partial charge in [0.1, 0.15) is 4.90 Å². The van der Waals surface area contributed by atoms with Crippen molar-refractivity contribution in [2.75, 3.05) is 54.2 Å². The molecule has 0 bridgehead atoms. The molecule has 0 aromatic heterocycles. The Morgan fingerprint density at radius 1 is 1.05 bits per heavy atom. The van der Waals surface area contributed by atoms with Gasteiger partial charge in [0, 0.05) is 51.8 Å². The lowest BCUT2D eigenvalue weighted by Gasteiger charge is -2.31. The van der Waals surface area contributed by atoms with Gasteiger partial charge in [-0.2, -0.15) is 13.2 Å². The molecule has 1 aliphatic heterocycles. The van der Waals surface area contributed by atoms with Crippen molar-refractivity contribution in [3.8, 4) is 0 Å². The van der Waals surface area contributed by atoms with Gasteiger partial charge in [0.15, 0.2) is 0 Å². The minimum absolute atomic E-state index is 0.0289. The average Bonchev–Trinajstić information content (AvgIpc) is 2.94. The lowest BCUT2D eigenvalue weighted by atomic mass is 10.1. The van der Waals surface area contributed by atoms with Gasteiger partial charge in [-0.15, -0.1) is 0 Å². The summed E-state index contributed by atoms with van der Waals surface area (Å²) in [5.74, 6) is -3.25. The van der Waals surface area contributed by atoms with Crippen LogP contribution in [0.1, 0.15) is 49.5 Å². The smallest absolute Gasteiger partial charge is 0.475 e. The normalized spacial score (nSPS) is 13.4. The number of nitrogens with one attached hydrogen (secondary N) is 3. The predicted molar refractivity (Wildman–Crippen MR) is 158 cm³/mol. The highest BCUT2D eigenvalue weighted by Crippen LogP contribution is 2.32. The number of piperazine rings is 1. The molecule has 15 heteroatoms. The number of carboxylic acids is 1. The first-order valence-electron chi connectivity index (χ1n) is 13.7. The molecule has 2 amide bonds. The lowest BCUT2D eigenvalue weighted by molar-refractivity contribution is -0.192. The van der Waals surface area contributed by atoms with Gasteiger partial charge in [0.05, 0.1) is 17.1 Å². The number of benzene rings is 2. The molecule has 0 aliphatic carbocycles. The van der Waals surface area contributed by atoms with Crippen molar-refractivity contribution >= 4 is 44.9 Å². The summed E-state index contributed by atoms with van der Waals surface area (Å²) in [5, 5.41) is 13.0. The van der Waals surface area contributed by atoms with Crippen LogP contribution in [0.3, 0.4) is 0 Å². The highest BCUT2D eigenvalue weighted by atomic mass is 32.2. The quantitative estimate of drug-likeness (QED) is 0.308. The third kappa shape index (κ3) is 10.4. The SMILES string of the molecule is CCCCN(CC)C(=O)c1ccc(N2CCNCC2)c(NS(=O)(=O)c2cc(C)ccc2NC(C)=O)c1.O=C(O)C(F)(F)F. The Morgan fingerprint density at radius 3 is 2.21 bits per heavy atom. The van der Waals surface area contributed by atoms with Gasteiger partial charge >= 0.3 is 12.1 Å². The van der Waals surface area contributed by atoms with Gasteiger partial charge < -0.3 is 25.5 Å². The molecule has 0 saturated carbocycles. The topological polar surface area (TPSA) is 148 Å². The molecule has 2 aromatic rings. The Balaban J connectivity index is 0.000000821. The van der Waals surface area contributed by atoms with E-state index in [1.807, 2.05) is 13.0 Å². The summed E-state index contributed by atoms with van der Waals surface area (Å²) in [6, 6.07) is 10.0. The number of carboxylic acid groups (broad SMARTS) is 1. The maximum Gasteiger partial charge on any atom is 0.490 e. The number of unbranched alkanes of at least 4 members (excludes halogenated alkanes) is 1. The molecule has 0 spiro atoms. The summed E-state index contributed by atoms with van der Waals surface area (Å²) in [6.07, 6.45) is -3.21. The molecule has 0 radical (unpaired) electrons. The van der Waals surface area contributed by atoms with Gasteiger partial charge in [-0.3, -0.25) is 14.3 Å². The van der Waals surface area contributed by atoms with Crippen LogP contribution in [0.5, 0.6) is 0 Å². The molecule has 1 fully saturated rings. The van der Waals surface area contributed by atoms with E-state index in [-0.39, 0.29) is 22.4 Å². The number of sulfonamides is 1. The fourth-order valence-electron chi connectivity index (χ4n) is 4.21. The molecule has 0 unspecified atom stereocenters. The van der Waals surface area contributed by atoms with Crippen molar-refractivity contribution < 1.29 is 41.1 Å². The number of nitrogens with zero attached hydrogens (tertiary/aromatic N) is 2. The van der Waals surface area contributed by atoms with Crippen molar-refractivity contribution in [2.24, 2.45) is 0 Å². The molecule has 2 aromatic carbocycles. The number of halogens is 3. The molecule has 11 nitrogen and oxygen atoms in total. The molecule has 238 valence electrons. The molecular formula is C28H38F3N5O6S. The summed E-state index contributed by atoms with van der Waals surface area (Å²) < 4.78 is 61.7. The standard InChI is InChI=1S/C26H37N5O4S.C2HF3O2/c1-5-7-14-30(6-2)26(33)21-9-11-24(31-15-12-27-13-16-31)23(18-21)29-36(34,35)25-17-19(3)8-10-22(25)28-20(4)32;3-2(4,5)1(6)7/h8-11,17-18,27,29H,5-7,12-16H2,1-4H3,(H,28,32);(H,6,7). The first kappa shape index (κ1) is 35.3. The van der Waals surface area contributed by atoms with Gasteiger partial charge in [0.25, 0.3) is 15.9 Å². The van der Waals surface area contributed by atoms with Crippen molar-refractivity contribution in [2.45, 2.75) is 51.6 Å². The number of rotatable bonds is 10. The number of carbonyl (C=O) groups is 3. The first-order chi connectivity index (χ1) is 20.1. The molecule has 0 atom stereocenters. The summed E-state index contributed by atoms with van der Waals surface area (Å²) in [5.41, 5.74) is 2.42. The van der Waals surface area contributed by atoms with E-state index < -0.39 is 22.2 Å². The second kappa shape index (κ2) is 15.6. The number of alkyl halides is 3. The zero-order valence-corrected chi connectivity index (χ0v) is 25.4. The molecule has 4 N–H and O–H groups in total. The highest BCUT2D eigenvalue weighted by molar-refractivity contribution is 7.93. The Morgan fingerprint density at radius 2 is 1.67 bits per heavy atom. The summed E-state index contributed by atoms with van der Waals surface area (Å²) in [6.45, 7) is 11.3. The van der Waals surface area contributed by atoms with Gasteiger partial charge in [-0.25, -0.2) is 13.2 Å². The Kier molecular flexibility index (Phi) is 12.8. The second-order valence-electron chi connectivity index (χ2n) is 9.80. The van der Waals surface area contributed by atoms with Crippen LogP contribution in [-0.4, -0.2) is 81.7 Å². The van der Waals surface area contributed by atoms with E-state index in [1.165, 1.54) is 13.0 Å². The van der Waals surface area contributed by atoms with Crippen LogP contribution in [0, 0.1) is 6.92 Å². The maximum atomic E-state index is 13.6. The number of amides is 2. The van der Waals surface area contributed by atoms with Crippen LogP contribution in [0.25, 0.3) is 0 Å². The van der Waals surface area contributed by atoms with Crippen LogP contribution in [-0.2, 0) is 19.6 Å². The number of hydrogen-bond donors (Lipinski definition) is 4. The highest BCUT2D eigenvalue weighted by Gasteiger charge is 2.38. The van der Waals surface area contributed by atoms with Gasteiger partial charge in [-0.05, 0) is 56.2 Å². The zero-order chi connectivity index (χ0) is 32.4. The van der Waals surface area contributed by atoms with Gasteiger partial charge in [-0.1, -0.05) is 19.4 Å². The molecule has 1 aliphatic rings. The lowest BCUT2D eigenvalue weighted by Crippen LogP contribution is -2.43. The second-order valence-corrected chi connectivity index (χ2v) is 11.4. The van der Waals surface area contributed by atoms with E-state index >= 15 is 0 Å². The van der Waals surface area contributed by atoms with E-state index in [2.05, 4.69) is 27.2 Å². The van der Waals surface area contributed by atoms with Gasteiger partial charge in [0.2, 0.25) is 5.91 Å². The minimum atomic E-state index is -5.08. The van der Waals surface area contributed by atoms with Crippen molar-refractivity contribution in [1.29, 1.82) is 0 Å². The number of hydrogen-bond acceptors (Lipinski definition) is 7. The Hall–Kier alpha value is -3.85. The molecule has 3 rings (SSSR count). The van der Waals surface area contributed by atoms with Crippen LogP contribution in [0.4, 0.5) is 30.2 Å². The fourth-order valence-corrected chi connectivity index (χ4v) is 5.52. The zero-order valence-electron chi connectivity index (χ0n) is 24.5. The third-order valence-corrected chi connectivity index (χ3v) is 7.78. The van der Waals surface area contributed by atoms with Crippen LogP contribution >= 0.6 is 0 Å². The monoisotopic (exact) mass is 629 g/mol. The number of aliphatic carboxylic acids is 1.